The Morgan fingerprint density at radius 2 is 2.00 bits per heavy atom. The summed E-state index contributed by atoms with van der Waals surface area (Å²) in [5.41, 5.74) is 0.121. The van der Waals surface area contributed by atoms with E-state index in [1.807, 2.05) is 0 Å². The fourth-order valence-corrected chi connectivity index (χ4v) is 2.26. The lowest BCUT2D eigenvalue weighted by atomic mass is 10.1. The summed E-state index contributed by atoms with van der Waals surface area (Å²) in [5, 5.41) is 12.3. The molecule has 2 aromatic carbocycles. The van der Waals surface area contributed by atoms with Crippen LogP contribution in [0.1, 0.15) is 11.6 Å². The Hall–Kier alpha value is -1.66. The minimum absolute atomic E-state index is 0.284. The molecule has 0 saturated heterocycles. The van der Waals surface area contributed by atoms with Crippen LogP contribution in [0.2, 0.25) is 5.02 Å². The number of carbonyl (C=O) groups is 1. The number of aliphatic carboxylic acids is 1. The van der Waals surface area contributed by atoms with Gasteiger partial charge in [0.05, 0.1) is 5.02 Å². The van der Waals surface area contributed by atoms with Crippen molar-refractivity contribution in [2.45, 2.75) is 6.04 Å². The number of benzene rings is 2. The maximum atomic E-state index is 13.7. The topological polar surface area (TPSA) is 49.3 Å². The lowest BCUT2D eigenvalue weighted by Crippen LogP contribution is -2.22. The van der Waals surface area contributed by atoms with Gasteiger partial charge in [-0.05, 0) is 40.2 Å². The Bertz CT molecular complexity index is 697. The molecule has 1 unspecified atom stereocenters. The van der Waals surface area contributed by atoms with E-state index >= 15 is 0 Å². The third-order valence-electron chi connectivity index (χ3n) is 2.77. The van der Waals surface area contributed by atoms with Gasteiger partial charge in [0.25, 0.3) is 0 Å². The van der Waals surface area contributed by atoms with Crippen LogP contribution < -0.4 is 5.32 Å². The molecule has 2 aromatic rings. The Balaban J connectivity index is 2.38. The lowest BCUT2D eigenvalue weighted by Gasteiger charge is -2.17. The van der Waals surface area contributed by atoms with E-state index in [1.165, 1.54) is 12.1 Å². The smallest absolute Gasteiger partial charge is 0.330 e. The van der Waals surface area contributed by atoms with E-state index in [9.17, 15) is 18.7 Å². The zero-order valence-electron chi connectivity index (χ0n) is 10.4. The molecule has 0 saturated carbocycles. The summed E-state index contributed by atoms with van der Waals surface area (Å²) in [4.78, 5) is 11.3. The molecule has 21 heavy (non-hydrogen) atoms. The highest BCUT2D eigenvalue weighted by atomic mass is 79.9. The minimum Gasteiger partial charge on any atom is -0.479 e. The van der Waals surface area contributed by atoms with Crippen LogP contribution in [0.25, 0.3) is 0 Å². The summed E-state index contributed by atoms with van der Waals surface area (Å²) in [7, 11) is 0. The van der Waals surface area contributed by atoms with Crippen LogP contribution in [0.5, 0.6) is 0 Å². The molecule has 0 spiro atoms. The molecule has 2 N–H and O–H groups in total. The molecule has 0 heterocycles. The molecule has 1 atom stereocenters. The highest BCUT2D eigenvalue weighted by molar-refractivity contribution is 9.10. The van der Waals surface area contributed by atoms with Gasteiger partial charge in [0.15, 0.2) is 17.7 Å². The predicted molar refractivity (Wildman–Crippen MR) is 79.5 cm³/mol. The average Bonchev–Trinajstić information content (AvgIpc) is 2.43. The maximum Gasteiger partial charge on any atom is 0.330 e. The van der Waals surface area contributed by atoms with Crippen molar-refractivity contribution in [2.24, 2.45) is 0 Å². The number of anilines is 1. The van der Waals surface area contributed by atoms with Gasteiger partial charge in [-0.2, -0.15) is 0 Å². The Kier molecular flexibility index (Phi) is 4.80. The van der Waals surface area contributed by atoms with E-state index in [2.05, 4.69) is 21.2 Å². The second-order valence-electron chi connectivity index (χ2n) is 4.19. The average molecular weight is 377 g/mol. The Morgan fingerprint density at radius 3 is 2.62 bits per heavy atom. The first-order valence-electron chi connectivity index (χ1n) is 5.78. The fraction of sp³-hybridized carbons (Fsp3) is 0.0714. The number of nitrogens with one attached hydrogen (secondary N) is 1. The van der Waals surface area contributed by atoms with Gasteiger partial charge in [-0.25, -0.2) is 13.6 Å². The van der Waals surface area contributed by atoms with Crippen molar-refractivity contribution in [1.82, 2.24) is 0 Å². The molecule has 0 aliphatic heterocycles. The van der Waals surface area contributed by atoms with Crippen LogP contribution in [0.3, 0.4) is 0 Å². The number of rotatable bonds is 4. The molecule has 3 nitrogen and oxygen atoms in total. The first-order valence-corrected chi connectivity index (χ1v) is 6.95. The van der Waals surface area contributed by atoms with Crippen molar-refractivity contribution < 1.29 is 18.7 Å². The quantitative estimate of drug-likeness (QED) is 0.819. The second kappa shape index (κ2) is 6.41. The first-order chi connectivity index (χ1) is 9.90. The molecule has 0 amide bonds. The maximum absolute atomic E-state index is 13.7. The van der Waals surface area contributed by atoms with E-state index < -0.39 is 23.6 Å². The van der Waals surface area contributed by atoms with E-state index in [4.69, 9.17) is 11.6 Å². The molecule has 0 radical (unpaired) electrons. The van der Waals surface area contributed by atoms with Crippen LogP contribution in [-0.4, -0.2) is 11.1 Å². The third-order valence-corrected chi connectivity index (χ3v) is 3.98. The van der Waals surface area contributed by atoms with Crippen LogP contribution in [0.4, 0.5) is 14.5 Å². The molecule has 0 aliphatic rings. The van der Waals surface area contributed by atoms with E-state index in [0.717, 1.165) is 6.07 Å². The van der Waals surface area contributed by atoms with Gasteiger partial charge in [-0.1, -0.05) is 23.7 Å². The van der Waals surface area contributed by atoms with Gasteiger partial charge in [0.2, 0.25) is 0 Å². The summed E-state index contributed by atoms with van der Waals surface area (Å²) in [6.07, 6.45) is 0. The number of hydrogen-bond acceptors (Lipinski definition) is 2. The summed E-state index contributed by atoms with van der Waals surface area (Å²) in [6.45, 7) is 0. The van der Waals surface area contributed by atoms with Crippen molar-refractivity contribution in [3.8, 4) is 0 Å². The van der Waals surface area contributed by atoms with Gasteiger partial charge in [-0.3, -0.25) is 0 Å². The monoisotopic (exact) mass is 375 g/mol. The lowest BCUT2D eigenvalue weighted by molar-refractivity contribution is -0.138. The summed E-state index contributed by atoms with van der Waals surface area (Å²) >= 11 is 9.04. The van der Waals surface area contributed by atoms with Crippen LogP contribution in [-0.2, 0) is 4.79 Å². The Labute approximate surface area is 132 Å². The molecule has 7 heteroatoms. The fourth-order valence-electron chi connectivity index (χ4n) is 1.77. The molecular formula is C14H9BrClF2NO2. The third kappa shape index (κ3) is 3.51. The minimum atomic E-state index is -1.42. The van der Waals surface area contributed by atoms with Crippen molar-refractivity contribution >= 4 is 39.2 Å². The second-order valence-corrected chi connectivity index (χ2v) is 5.45. The van der Waals surface area contributed by atoms with Crippen LogP contribution in [0.15, 0.2) is 40.9 Å². The number of hydrogen-bond donors (Lipinski definition) is 2. The molecule has 0 fully saturated rings. The van der Waals surface area contributed by atoms with Gasteiger partial charge < -0.3 is 10.4 Å². The number of carboxylic acid groups (broad SMARTS) is 1. The summed E-state index contributed by atoms with van der Waals surface area (Å²) < 4.78 is 27.5. The standard InChI is InChI=1S/C14H9BrClF2NO2/c15-9-6-7(4-5-10(9)16)19-13(14(20)21)8-2-1-3-11(17)12(8)18/h1-6,13,19H,(H,20,21). The van der Waals surface area contributed by atoms with E-state index in [0.29, 0.717) is 15.2 Å². The largest absolute Gasteiger partial charge is 0.479 e. The van der Waals surface area contributed by atoms with Gasteiger partial charge in [0, 0.05) is 15.7 Å². The molecule has 2 rings (SSSR count). The summed E-state index contributed by atoms with van der Waals surface area (Å²) in [5.74, 6) is -3.62. The Morgan fingerprint density at radius 1 is 1.29 bits per heavy atom. The van der Waals surface area contributed by atoms with E-state index in [-0.39, 0.29) is 5.56 Å². The van der Waals surface area contributed by atoms with Crippen molar-refractivity contribution in [3.63, 3.8) is 0 Å². The molecule has 0 aliphatic carbocycles. The van der Waals surface area contributed by atoms with Crippen molar-refractivity contribution in [2.75, 3.05) is 5.32 Å². The highest BCUT2D eigenvalue weighted by Crippen LogP contribution is 2.29. The zero-order chi connectivity index (χ0) is 15.6. The van der Waals surface area contributed by atoms with Crippen molar-refractivity contribution in [3.05, 3.63) is 63.1 Å². The highest BCUT2D eigenvalue weighted by Gasteiger charge is 2.24. The molecule has 0 aromatic heterocycles. The summed E-state index contributed by atoms with van der Waals surface area (Å²) in [6, 6.07) is 6.62. The van der Waals surface area contributed by atoms with Gasteiger partial charge >= 0.3 is 5.97 Å². The zero-order valence-corrected chi connectivity index (χ0v) is 12.8. The van der Waals surface area contributed by atoms with Crippen LogP contribution >= 0.6 is 27.5 Å². The SMILES string of the molecule is O=C(O)C(Nc1ccc(Cl)c(Br)c1)c1cccc(F)c1F. The van der Waals surface area contributed by atoms with Gasteiger partial charge in [-0.15, -0.1) is 0 Å². The molecule has 110 valence electrons. The van der Waals surface area contributed by atoms with Crippen LogP contribution in [0, 0.1) is 11.6 Å². The first kappa shape index (κ1) is 15.7. The number of halogens is 4. The number of carboxylic acids is 1. The normalized spacial score (nSPS) is 12.0. The van der Waals surface area contributed by atoms with Gasteiger partial charge in [0.1, 0.15) is 0 Å². The molecule has 0 bridgehead atoms. The molecular weight excluding hydrogens is 368 g/mol. The predicted octanol–water partition coefficient (Wildman–Crippen LogP) is 4.62. The van der Waals surface area contributed by atoms with Crippen molar-refractivity contribution in [1.29, 1.82) is 0 Å². The van der Waals surface area contributed by atoms with E-state index in [1.54, 1.807) is 18.2 Å².